The van der Waals surface area contributed by atoms with E-state index in [1.54, 1.807) is 0 Å². The van der Waals surface area contributed by atoms with Crippen molar-refractivity contribution in [3.8, 4) is 0 Å². The van der Waals surface area contributed by atoms with E-state index >= 15 is 0 Å². The van der Waals surface area contributed by atoms with Crippen molar-refractivity contribution in [2.24, 2.45) is 5.92 Å². The molecule has 2 atom stereocenters. The highest BCUT2D eigenvalue weighted by atomic mass is 16.7. The lowest BCUT2D eigenvalue weighted by atomic mass is 10.0. The fourth-order valence-corrected chi connectivity index (χ4v) is 9.02. The van der Waals surface area contributed by atoms with Gasteiger partial charge in [-0.15, -0.1) is 0 Å². The minimum absolute atomic E-state index is 0. The fraction of sp³-hybridized carbons (Fsp3) is 0.855. The van der Waals surface area contributed by atoms with Crippen molar-refractivity contribution in [3.63, 3.8) is 0 Å². The van der Waals surface area contributed by atoms with Crippen LogP contribution in [0.1, 0.15) is 261 Å². The largest absolute Gasteiger partial charge is 0.465 e. The second-order valence-corrected chi connectivity index (χ2v) is 21.0. The van der Waals surface area contributed by atoms with Gasteiger partial charge in [0.05, 0.1) is 12.3 Å². The fourth-order valence-electron chi connectivity index (χ4n) is 9.02. The Morgan fingerprint density at radius 2 is 0.921 bits per heavy atom. The Hall–Kier alpha value is -3.49. The second kappa shape index (κ2) is 52.2. The number of carbonyl (C=O) groups is 5. The molecule has 1 fully saturated rings. The number of hydrogen-bond acceptors (Lipinski definition) is 13. The van der Waals surface area contributed by atoms with Gasteiger partial charge >= 0.3 is 30.0 Å². The van der Waals surface area contributed by atoms with Crippen LogP contribution in [0.25, 0.3) is 0 Å². The molecule has 0 aromatic carbocycles. The molecule has 1 aliphatic heterocycles. The average Bonchev–Trinajstić information content (AvgIpc) is 3.94. The van der Waals surface area contributed by atoms with Crippen LogP contribution < -0.4 is 5.32 Å². The zero-order valence-corrected chi connectivity index (χ0v) is 49.1. The van der Waals surface area contributed by atoms with Gasteiger partial charge in [-0.1, -0.05) is 130 Å². The van der Waals surface area contributed by atoms with E-state index < -0.39 is 42.3 Å². The highest BCUT2D eigenvalue weighted by Gasteiger charge is 2.22. The van der Waals surface area contributed by atoms with Crippen LogP contribution in [-0.2, 0) is 52.3 Å². The number of unbranched alkanes of at least 4 members (excludes halogenated alkanes) is 16. The molecule has 0 aromatic rings. The summed E-state index contributed by atoms with van der Waals surface area (Å²) in [6, 6.07) is 0. The van der Waals surface area contributed by atoms with Crippen LogP contribution in [0, 0.1) is 5.92 Å². The predicted octanol–water partition coefficient (Wildman–Crippen LogP) is 15.0. The second-order valence-electron chi connectivity index (χ2n) is 21.0. The van der Waals surface area contributed by atoms with Crippen molar-refractivity contribution in [1.82, 2.24) is 10.2 Å². The number of alkyl carbamates (subject to hydrolysis) is 1. The van der Waals surface area contributed by atoms with Crippen molar-refractivity contribution in [3.05, 3.63) is 24.3 Å². The summed E-state index contributed by atoms with van der Waals surface area (Å²) in [5.74, 6) is -2.12. The van der Waals surface area contributed by atoms with Crippen molar-refractivity contribution >= 4 is 30.0 Å². The molecule has 0 spiro atoms. The van der Waals surface area contributed by atoms with E-state index in [0.29, 0.717) is 64.7 Å². The third-order valence-electron chi connectivity index (χ3n) is 13.8. The Bertz CT molecular complexity index is 1440. The molecule has 14 nitrogen and oxygen atoms in total. The molecule has 1 amide bonds. The molecular formula is C62H114N2O12. The molecule has 0 radical (unpaired) electrons. The molecule has 2 unspecified atom stereocenters. The topological polar surface area (TPSA) is 165 Å². The summed E-state index contributed by atoms with van der Waals surface area (Å²) in [6.45, 7) is 14.9. The molecule has 1 rings (SSSR count). The Morgan fingerprint density at radius 3 is 1.45 bits per heavy atom. The molecule has 76 heavy (non-hydrogen) atoms. The maximum Gasteiger partial charge on any atom is 0.407 e. The number of amides is 1. The molecule has 444 valence electrons. The highest BCUT2D eigenvalue weighted by Crippen LogP contribution is 2.19. The molecule has 0 aromatic heterocycles. The van der Waals surface area contributed by atoms with Gasteiger partial charge < -0.3 is 43.4 Å². The third-order valence-corrected chi connectivity index (χ3v) is 13.8. The number of esters is 4. The summed E-state index contributed by atoms with van der Waals surface area (Å²) in [5, 5.41) is 2.87. The molecule has 0 aliphatic carbocycles. The Balaban J connectivity index is 0.0000578. The minimum Gasteiger partial charge on any atom is -0.465 e. The number of ether oxygens (including phenoxy) is 7. The quantitative estimate of drug-likeness (QED) is 0.0201. The van der Waals surface area contributed by atoms with Gasteiger partial charge in [0, 0.05) is 53.4 Å². The van der Waals surface area contributed by atoms with Crippen LogP contribution >= 0.6 is 0 Å². The van der Waals surface area contributed by atoms with Gasteiger partial charge in [-0.2, -0.15) is 0 Å². The maximum atomic E-state index is 13.2. The number of rotatable bonds is 53. The first-order chi connectivity index (χ1) is 37.1. The third kappa shape index (κ3) is 44.5. The number of nitrogens with zero attached hydrogens (tertiary/aromatic N) is 1. The van der Waals surface area contributed by atoms with Crippen LogP contribution in [-0.4, -0.2) is 113 Å². The van der Waals surface area contributed by atoms with Gasteiger partial charge in [0.25, 0.3) is 0 Å². The normalized spacial score (nSPS) is 13.7. The lowest BCUT2D eigenvalue weighted by Crippen LogP contribution is -2.35. The molecule has 1 aliphatic rings. The summed E-state index contributed by atoms with van der Waals surface area (Å²) in [7, 11) is 0. The maximum absolute atomic E-state index is 13.2. The van der Waals surface area contributed by atoms with E-state index in [9.17, 15) is 24.0 Å². The van der Waals surface area contributed by atoms with Gasteiger partial charge in [-0.05, 0) is 135 Å². The number of carbonyl (C=O) groups excluding carboxylic acids is 5. The first-order valence-corrected chi connectivity index (χ1v) is 31.0. The summed E-state index contributed by atoms with van der Waals surface area (Å²) in [5.41, 5.74) is 0. The van der Waals surface area contributed by atoms with Crippen molar-refractivity contribution in [1.29, 1.82) is 0 Å². The van der Waals surface area contributed by atoms with E-state index in [-0.39, 0.29) is 52.6 Å². The molecule has 1 saturated heterocycles. The van der Waals surface area contributed by atoms with Crippen molar-refractivity contribution in [2.45, 2.75) is 278 Å². The zero-order valence-electron chi connectivity index (χ0n) is 49.1. The summed E-state index contributed by atoms with van der Waals surface area (Å²) in [4.78, 5) is 67.4. The smallest absolute Gasteiger partial charge is 0.407 e. The lowest BCUT2D eigenvalue weighted by molar-refractivity contribution is -0.162. The van der Waals surface area contributed by atoms with E-state index in [4.69, 9.17) is 33.2 Å². The Kier molecular flexibility index (Phi) is 48.5. The van der Waals surface area contributed by atoms with Crippen LogP contribution in [0.3, 0.4) is 0 Å². The average molecular weight is 1080 g/mol. The van der Waals surface area contributed by atoms with E-state index in [1.165, 1.54) is 64.2 Å². The summed E-state index contributed by atoms with van der Waals surface area (Å²) < 4.78 is 41.1. The number of likely N-dealkylation sites (tertiary alicyclic amines) is 1. The van der Waals surface area contributed by atoms with Crippen LogP contribution in [0.15, 0.2) is 24.3 Å². The van der Waals surface area contributed by atoms with E-state index in [2.05, 4.69) is 69.1 Å². The van der Waals surface area contributed by atoms with Crippen LogP contribution in [0.5, 0.6) is 0 Å². The number of allylic oxidation sites excluding steroid dienone is 4. The standard InChI is InChI=1S/C62H112N2O12.H2/c1-6-11-16-20-24-34-49-70-61(71-50-35-25-21-17-12-7-2)44-43-59(67)74-53-54(52-73-58(66)42-41-56(36-27-15-10-5)76-62(69)63-45-48-64-46-32-33-47-64)51-72-57(65)39-30-26-31-40-60(68)75-55(37-28-22-18-13-8-3)38-29-23-19-14-9-4;/h11-12,16-17,54-56,61H,6-10,13-15,18-53H2,1-5H3,(H,63,69);1H/b16-11-,17-12-;. The monoisotopic (exact) mass is 1080 g/mol. The molecule has 1 N–H and O–H groups in total. The van der Waals surface area contributed by atoms with Crippen molar-refractivity contribution in [2.75, 3.05) is 59.2 Å². The minimum atomic E-state index is -0.609. The van der Waals surface area contributed by atoms with E-state index in [0.717, 1.165) is 116 Å². The SMILES string of the molecule is CC/C=C\CCCCOC(CCC(=O)OCC(COC(=O)CCCCCC(=O)OC(CCCCCCC)CCCCCCC)COC(=O)CCC(CCCCC)OC(=O)NCCN1CCCC1)OCCCC/C=C\CC.[HH]. The van der Waals surface area contributed by atoms with Gasteiger partial charge in [-0.25, -0.2) is 4.79 Å². The number of nitrogens with one attached hydrogen (secondary N) is 1. The van der Waals surface area contributed by atoms with Crippen LogP contribution in [0.4, 0.5) is 4.79 Å². The first-order valence-electron chi connectivity index (χ1n) is 31.0. The Labute approximate surface area is 464 Å². The molecule has 14 heteroatoms. The van der Waals surface area contributed by atoms with E-state index in [1.807, 2.05) is 0 Å². The lowest BCUT2D eigenvalue weighted by Gasteiger charge is -2.20. The molecule has 1 heterocycles. The van der Waals surface area contributed by atoms with Gasteiger partial charge in [0.1, 0.15) is 32.0 Å². The summed E-state index contributed by atoms with van der Waals surface area (Å²) >= 11 is 0. The molecule has 0 bridgehead atoms. The molecule has 0 saturated carbocycles. The van der Waals surface area contributed by atoms with Gasteiger partial charge in [-0.3, -0.25) is 19.2 Å². The van der Waals surface area contributed by atoms with Gasteiger partial charge in [0.15, 0.2) is 6.29 Å². The highest BCUT2D eigenvalue weighted by molar-refractivity contribution is 5.71. The van der Waals surface area contributed by atoms with Gasteiger partial charge in [0.2, 0.25) is 0 Å². The van der Waals surface area contributed by atoms with Crippen LogP contribution in [0.2, 0.25) is 0 Å². The molecular weight excluding hydrogens is 965 g/mol. The zero-order chi connectivity index (χ0) is 55.4. The predicted molar refractivity (Wildman–Crippen MR) is 307 cm³/mol. The number of hydrogen-bond donors (Lipinski definition) is 1. The first kappa shape index (κ1) is 70.5. The summed E-state index contributed by atoms with van der Waals surface area (Å²) in [6.07, 6.45) is 37.6. The Morgan fingerprint density at radius 1 is 0.474 bits per heavy atom. The van der Waals surface area contributed by atoms with Crippen molar-refractivity contribution < 1.29 is 58.6 Å².